The Labute approximate surface area is 169 Å². The van der Waals surface area contributed by atoms with Gasteiger partial charge in [-0.25, -0.2) is 0 Å². The van der Waals surface area contributed by atoms with Gasteiger partial charge in [-0.15, -0.1) is 0 Å². The summed E-state index contributed by atoms with van der Waals surface area (Å²) in [7, 11) is 0. The number of rotatable bonds is 4. The molecule has 2 aliphatic heterocycles. The molecule has 0 amide bonds. The van der Waals surface area contributed by atoms with Gasteiger partial charge >= 0.3 is 0 Å². The third kappa shape index (κ3) is 2.69. The molecule has 7 rings (SSSR count). The zero-order valence-electron chi connectivity index (χ0n) is 16.9. The van der Waals surface area contributed by atoms with Gasteiger partial charge in [-0.3, -0.25) is 0 Å². The summed E-state index contributed by atoms with van der Waals surface area (Å²) in [5.74, 6) is 2.69. The molecule has 146 valence electrons. The average molecular weight is 373 g/mol. The van der Waals surface area contributed by atoms with Gasteiger partial charge in [-0.05, 0) is 86.0 Å². The second-order valence-electron chi connectivity index (χ2n) is 9.56. The summed E-state index contributed by atoms with van der Waals surface area (Å²) in [4.78, 5) is 5.54. The third-order valence-corrected chi connectivity index (χ3v) is 8.07. The lowest BCUT2D eigenvalue weighted by molar-refractivity contribution is 0.126. The molecule has 2 fully saturated rings. The van der Waals surface area contributed by atoms with Gasteiger partial charge in [0.1, 0.15) is 0 Å². The van der Waals surface area contributed by atoms with Crippen LogP contribution in [0.2, 0.25) is 0 Å². The summed E-state index contributed by atoms with van der Waals surface area (Å²) in [6, 6.07) is 18.8. The smallest absolute Gasteiger partial charge is 0.0139 e. The molecule has 28 heavy (non-hydrogen) atoms. The largest absolute Gasteiger partial charge is 0.303 e. The standard InChI is InChI=1S/C26H32N2/c1-2-10-20-19(9-1)25-21-11-3-4-12-22(21)26(20)24(18-28-15-7-8-16-28)23(25)17-27-13-5-6-14-27/h1-4,9-12,23-26H,5-8,13-18H2/t23-,24-,25?,26?/m1/s1. The topological polar surface area (TPSA) is 6.48 Å². The first-order valence-electron chi connectivity index (χ1n) is 11.5. The summed E-state index contributed by atoms with van der Waals surface area (Å²) in [5.41, 5.74) is 6.53. The van der Waals surface area contributed by atoms with Gasteiger partial charge in [0.25, 0.3) is 0 Å². The van der Waals surface area contributed by atoms with Crippen LogP contribution < -0.4 is 0 Å². The Morgan fingerprint density at radius 1 is 0.536 bits per heavy atom. The molecule has 2 heteroatoms. The van der Waals surface area contributed by atoms with Gasteiger partial charge in [-0.2, -0.15) is 0 Å². The van der Waals surface area contributed by atoms with Crippen molar-refractivity contribution in [2.75, 3.05) is 39.3 Å². The monoisotopic (exact) mass is 372 g/mol. The minimum Gasteiger partial charge on any atom is -0.303 e. The molecule has 2 bridgehead atoms. The van der Waals surface area contributed by atoms with E-state index >= 15 is 0 Å². The fourth-order valence-corrected chi connectivity index (χ4v) is 6.91. The van der Waals surface area contributed by atoms with E-state index in [9.17, 15) is 0 Å². The Morgan fingerprint density at radius 3 is 1.18 bits per heavy atom. The van der Waals surface area contributed by atoms with Crippen molar-refractivity contribution in [2.45, 2.75) is 37.5 Å². The lowest BCUT2D eigenvalue weighted by Crippen LogP contribution is -2.48. The summed E-state index contributed by atoms with van der Waals surface area (Å²) in [5, 5.41) is 0. The number of fused-ring (bicyclic) bond motifs is 1. The van der Waals surface area contributed by atoms with E-state index in [-0.39, 0.29) is 0 Å². The van der Waals surface area contributed by atoms with Crippen LogP contribution >= 0.6 is 0 Å². The highest BCUT2D eigenvalue weighted by Gasteiger charge is 2.50. The first kappa shape index (κ1) is 17.2. The van der Waals surface area contributed by atoms with Crippen LogP contribution in [0.1, 0.15) is 59.8 Å². The van der Waals surface area contributed by atoms with E-state index in [1.807, 2.05) is 0 Å². The average Bonchev–Trinajstić information content (AvgIpc) is 3.43. The molecule has 0 radical (unpaired) electrons. The van der Waals surface area contributed by atoms with Crippen molar-refractivity contribution in [3.8, 4) is 0 Å². The van der Waals surface area contributed by atoms with Crippen LogP contribution in [0.15, 0.2) is 48.5 Å². The Morgan fingerprint density at radius 2 is 0.857 bits per heavy atom. The predicted octanol–water partition coefficient (Wildman–Crippen LogP) is 4.70. The Bertz CT molecular complexity index is 730. The normalized spacial score (nSPS) is 31.9. The number of hydrogen-bond acceptors (Lipinski definition) is 2. The summed E-state index contributed by atoms with van der Waals surface area (Å²) in [6.45, 7) is 7.84. The van der Waals surface area contributed by atoms with Crippen LogP contribution in [0.4, 0.5) is 0 Å². The van der Waals surface area contributed by atoms with Gasteiger partial charge in [0, 0.05) is 24.9 Å². The molecule has 3 aliphatic carbocycles. The summed E-state index contributed by atoms with van der Waals surface area (Å²) < 4.78 is 0. The van der Waals surface area contributed by atoms with Crippen molar-refractivity contribution < 1.29 is 0 Å². The zero-order valence-corrected chi connectivity index (χ0v) is 16.9. The van der Waals surface area contributed by atoms with Crippen molar-refractivity contribution in [2.24, 2.45) is 11.8 Å². The molecule has 0 aromatic heterocycles. The van der Waals surface area contributed by atoms with E-state index in [0.717, 1.165) is 11.8 Å². The second-order valence-corrected chi connectivity index (χ2v) is 9.56. The number of benzene rings is 2. The SMILES string of the molecule is c1ccc2c(c1)C1c3ccccc3C2[C@H](CN2CCCC2)[C@H]1CN1CCCC1. The Kier molecular flexibility index (Phi) is 4.31. The van der Waals surface area contributed by atoms with Gasteiger partial charge < -0.3 is 9.80 Å². The van der Waals surface area contributed by atoms with E-state index in [2.05, 4.69) is 58.3 Å². The van der Waals surface area contributed by atoms with Crippen LogP contribution in [0.3, 0.4) is 0 Å². The third-order valence-electron chi connectivity index (χ3n) is 8.07. The Hall–Kier alpha value is -1.64. The summed E-state index contributed by atoms with van der Waals surface area (Å²) >= 11 is 0. The number of likely N-dealkylation sites (tertiary alicyclic amines) is 2. The van der Waals surface area contributed by atoms with Crippen molar-refractivity contribution in [3.05, 3.63) is 70.8 Å². The molecular weight excluding hydrogens is 340 g/mol. The molecule has 2 aromatic carbocycles. The Balaban J connectivity index is 1.46. The van der Waals surface area contributed by atoms with Crippen LogP contribution in [0.25, 0.3) is 0 Å². The van der Waals surface area contributed by atoms with Gasteiger partial charge in [0.05, 0.1) is 0 Å². The number of nitrogens with zero attached hydrogens (tertiary/aromatic N) is 2. The molecule has 0 saturated carbocycles. The molecule has 2 nitrogen and oxygen atoms in total. The molecule has 2 aromatic rings. The van der Waals surface area contributed by atoms with Crippen LogP contribution in [-0.4, -0.2) is 49.1 Å². The maximum Gasteiger partial charge on any atom is 0.0139 e. The summed E-state index contributed by atoms with van der Waals surface area (Å²) in [6.07, 6.45) is 5.57. The first-order chi connectivity index (χ1) is 13.9. The minimum absolute atomic E-state index is 0.589. The van der Waals surface area contributed by atoms with Crippen LogP contribution in [-0.2, 0) is 0 Å². The van der Waals surface area contributed by atoms with Crippen molar-refractivity contribution >= 4 is 0 Å². The highest BCUT2D eigenvalue weighted by Crippen LogP contribution is 2.58. The van der Waals surface area contributed by atoms with E-state index in [0.29, 0.717) is 11.8 Å². The maximum atomic E-state index is 2.77. The molecule has 0 N–H and O–H groups in total. The highest BCUT2D eigenvalue weighted by atomic mass is 15.2. The van der Waals surface area contributed by atoms with E-state index in [1.165, 1.54) is 65.0 Å². The second kappa shape index (κ2) is 7.00. The lowest BCUT2D eigenvalue weighted by atomic mass is 9.54. The van der Waals surface area contributed by atoms with Gasteiger partial charge in [-0.1, -0.05) is 48.5 Å². The molecule has 5 aliphatic rings. The van der Waals surface area contributed by atoms with Crippen molar-refractivity contribution in [1.82, 2.24) is 9.80 Å². The fraction of sp³-hybridized carbons (Fsp3) is 0.538. The molecule has 0 spiro atoms. The molecule has 0 unspecified atom stereocenters. The number of hydrogen-bond donors (Lipinski definition) is 0. The van der Waals surface area contributed by atoms with E-state index < -0.39 is 0 Å². The van der Waals surface area contributed by atoms with E-state index in [1.54, 1.807) is 22.3 Å². The molecule has 2 saturated heterocycles. The minimum atomic E-state index is 0.589. The van der Waals surface area contributed by atoms with Gasteiger partial charge in [0.15, 0.2) is 0 Å². The van der Waals surface area contributed by atoms with Crippen LogP contribution in [0.5, 0.6) is 0 Å². The first-order valence-corrected chi connectivity index (χ1v) is 11.5. The fourth-order valence-electron chi connectivity index (χ4n) is 6.91. The molecule has 2 atom stereocenters. The lowest BCUT2D eigenvalue weighted by Gasteiger charge is -2.52. The van der Waals surface area contributed by atoms with Gasteiger partial charge in [0.2, 0.25) is 0 Å². The quantitative estimate of drug-likeness (QED) is 0.767. The van der Waals surface area contributed by atoms with Crippen LogP contribution in [0, 0.1) is 11.8 Å². The highest BCUT2D eigenvalue weighted by molar-refractivity contribution is 5.56. The predicted molar refractivity (Wildman–Crippen MR) is 115 cm³/mol. The zero-order chi connectivity index (χ0) is 18.5. The molecular formula is C26H32N2. The molecule has 2 heterocycles. The maximum absolute atomic E-state index is 2.77. The van der Waals surface area contributed by atoms with E-state index in [4.69, 9.17) is 0 Å². The van der Waals surface area contributed by atoms with Crippen molar-refractivity contribution in [1.29, 1.82) is 0 Å². The van der Waals surface area contributed by atoms with Crippen molar-refractivity contribution in [3.63, 3.8) is 0 Å².